The molecule has 3 saturated heterocycles. The molecule has 3 heterocycles. The first kappa shape index (κ1) is 20.9. The van der Waals surface area contributed by atoms with Crippen molar-refractivity contribution in [1.29, 1.82) is 5.26 Å². The van der Waals surface area contributed by atoms with Crippen LogP contribution in [0.15, 0.2) is 18.2 Å². The zero-order valence-corrected chi connectivity index (χ0v) is 17.9. The number of hydrogen-bond acceptors (Lipinski definition) is 7. The van der Waals surface area contributed by atoms with E-state index >= 15 is 0 Å². The SMILES string of the molecule is N#C[C@@H]1CCCN1C(=O)[C@@H](N)CN1C[C@H]2C[C@@H]1C(=O)N2[C@H]1CCc2cc(OC=O)ccc21. The van der Waals surface area contributed by atoms with Crippen LogP contribution in [0, 0.1) is 11.3 Å². The van der Waals surface area contributed by atoms with Crippen molar-refractivity contribution < 1.29 is 19.1 Å². The molecule has 2 amide bonds. The number of nitriles is 1. The zero-order chi connectivity index (χ0) is 22.4. The number of aryl methyl sites for hydroxylation is 1. The maximum Gasteiger partial charge on any atom is 0.298 e. The average Bonchev–Trinajstić information content (AvgIpc) is 3.56. The van der Waals surface area contributed by atoms with Gasteiger partial charge in [0.05, 0.1) is 24.2 Å². The van der Waals surface area contributed by atoms with Gasteiger partial charge in [0.1, 0.15) is 11.8 Å². The fourth-order valence-electron chi connectivity index (χ4n) is 6.00. The average molecular weight is 438 g/mol. The van der Waals surface area contributed by atoms with Gasteiger partial charge in [0.25, 0.3) is 6.47 Å². The summed E-state index contributed by atoms with van der Waals surface area (Å²) < 4.78 is 4.95. The molecule has 3 aliphatic heterocycles. The molecule has 2 bridgehead atoms. The van der Waals surface area contributed by atoms with Crippen molar-refractivity contribution in [2.24, 2.45) is 5.73 Å². The smallest absolute Gasteiger partial charge is 0.298 e. The summed E-state index contributed by atoms with van der Waals surface area (Å²) in [6.45, 7) is 2.04. The van der Waals surface area contributed by atoms with Crippen molar-refractivity contribution in [2.45, 2.75) is 62.3 Å². The van der Waals surface area contributed by atoms with Gasteiger partial charge in [-0.2, -0.15) is 5.26 Å². The molecule has 1 aliphatic carbocycles. The standard InChI is InChI=1S/C23H27N5O4/c24-10-15-2-1-7-27(15)22(30)19(25)12-26-11-16-9-21(26)23(31)28(16)20-6-3-14-8-17(32-13-29)4-5-18(14)20/h4-5,8,13,15-16,19-21H,1-3,6-7,9,11-12,25H2/t15-,16+,19-,20-,21+/m0/s1. The summed E-state index contributed by atoms with van der Waals surface area (Å²) in [7, 11) is 0. The van der Waals surface area contributed by atoms with Gasteiger partial charge in [0.2, 0.25) is 11.8 Å². The van der Waals surface area contributed by atoms with Crippen LogP contribution in [-0.4, -0.2) is 76.8 Å². The zero-order valence-electron chi connectivity index (χ0n) is 17.9. The Morgan fingerprint density at radius 2 is 2.19 bits per heavy atom. The number of ether oxygens (including phenoxy) is 1. The number of nitrogens with two attached hydrogens (primary N) is 1. The molecule has 32 heavy (non-hydrogen) atoms. The minimum absolute atomic E-state index is 0.0382. The Hall–Kier alpha value is -2.96. The summed E-state index contributed by atoms with van der Waals surface area (Å²) in [6, 6.07) is 6.58. The van der Waals surface area contributed by atoms with Crippen molar-refractivity contribution in [3.8, 4) is 11.8 Å². The molecule has 5 atom stereocenters. The molecule has 1 aromatic carbocycles. The van der Waals surface area contributed by atoms with Crippen molar-refractivity contribution in [3.05, 3.63) is 29.3 Å². The Balaban J connectivity index is 1.24. The number of benzene rings is 1. The predicted octanol–water partition coefficient (Wildman–Crippen LogP) is 0.336. The molecular weight excluding hydrogens is 410 g/mol. The molecule has 0 spiro atoms. The largest absolute Gasteiger partial charge is 0.429 e. The van der Waals surface area contributed by atoms with Crippen molar-refractivity contribution in [2.75, 3.05) is 19.6 Å². The summed E-state index contributed by atoms with van der Waals surface area (Å²) in [5, 5.41) is 9.25. The first-order chi connectivity index (χ1) is 15.5. The molecule has 168 valence electrons. The Morgan fingerprint density at radius 3 is 2.94 bits per heavy atom. The van der Waals surface area contributed by atoms with Gasteiger partial charge >= 0.3 is 0 Å². The molecule has 0 aromatic heterocycles. The van der Waals surface area contributed by atoms with Crippen molar-refractivity contribution >= 4 is 18.3 Å². The number of hydrogen-bond donors (Lipinski definition) is 1. The Bertz CT molecular complexity index is 991. The van der Waals surface area contributed by atoms with Crippen molar-refractivity contribution in [1.82, 2.24) is 14.7 Å². The van der Waals surface area contributed by atoms with Crippen LogP contribution in [0.2, 0.25) is 0 Å². The number of likely N-dealkylation sites (tertiary alicyclic amines) is 3. The van der Waals surface area contributed by atoms with E-state index in [0.29, 0.717) is 38.3 Å². The number of carbonyl (C=O) groups excluding carboxylic acids is 3. The number of piperazine rings is 1. The highest BCUT2D eigenvalue weighted by molar-refractivity contribution is 5.87. The van der Waals surface area contributed by atoms with Crippen LogP contribution in [0.4, 0.5) is 0 Å². The molecule has 9 nitrogen and oxygen atoms in total. The maximum absolute atomic E-state index is 13.3. The van der Waals surface area contributed by atoms with Gasteiger partial charge in [-0.05, 0) is 55.4 Å². The summed E-state index contributed by atoms with van der Waals surface area (Å²) in [4.78, 5) is 42.3. The number of carbonyl (C=O) groups is 3. The van der Waals surface area contributed by atoms with Crippen LogP contribution >= 0.6 is 0 Å². The number of amides is 2. The van der Waals surface area contributed by atoms with E-state index in [1.54, 1.807) is 11.0 Å². The summed E-state index contributed by atoms with van der Waals surface area (Å²) in [5.41, 5.74) is 8.47. The van der Waals surface area contributed by atoms with E-state index in [1.807, 2.05) is 21.9 Å². The Kier molecular flexibility index (Phi) is 5.35. The fraction of sp³-hybridized carbons (Fsp3) is 0.565. The number of fused-ring (bicyclic) bond motifs is 3. The maximum atomic E-state index is 13.3. The van der Waals surface area contributed by atoms with Crippen LogP contribution in [0.1, 0.15) is 42.9 Å². The normalized spacial score (nSPS) is 29.8. The van der Waals surface area contributed by atoms with Gasteiger partial charge in [0, 0.05) is 25.7 Å². The summed E-state index contributed by atoms with van der Waals surface area (Å²) in [6.07, 6.45) is 3.97. The highest BCUT2D eigenvalue weighted by atomic mass is 16.5. The lowest BCUT2D eigenvalue weighted by Gasteiger charge is -2.38. The molecule has 5 rings (SSSR count). The lowest BCUT2D eigenvalue weighted by Crippen LogP contribution is -2.56. The van der Waals surface area contributed by atoms with E-state index < -0.39 is 6.04 Å². The van der Waals surface area contributed by atoms with E-state index in [0.717, 1.165) is 36.8 Å². The molecular formula is C23H27N5O4. The molecule has 1 aromatic rings. The van der Waals surface area contributed by atoms with Gasteiger partial charge in [-0.25, -0.2) is 0 Å². The Labute approximate surface area is 186 Å². The molecule has 0 unspecified atom stereocenters. The van der Waals surface area contributed by atoms with Crippen LogP contribution < -0.4 is 10.5 Å². The molecule has 4 aliphatic rings. The van der Waals surface area contributed by atoms with Gasteiger partial charge in [0.15, 0.2) is 0 Å². The lowest BCUT2D eigenvalue weighted by atomic mass is 10.0. The number of rotatable bonds is 6. The highest BCUT2D eigenvalue weighted by Crippen LogP contribution is 2.44. The second-order valence-electron chi connectivity index (χ2n) is 9.16. The Morgan fingerprint density at radius 1 is 1.34 bits per heavy atom. The second-order valence-corrected chi connectivity index (χ2v) is 9.16. The minimum atomic E-state index is -0.729. The van der Waals surface area contributed by atoms with Crippen molar-refractivity contribution in [3.63, 3.8) is 0 Å². The topological polar surface area (TPSA) is 120 Å². The van der Waals surface area contributed by atoms with Crippen LogP contribution in [0.3, 0.4) is 0 Å². The number of nitrogens with zero attached hydrogens (tertiary/aromatic N) is 4. The highest BCUT2D eigenvalue weighted by Gasteiger charge is 2.53. The summed E-state index contributed by atoms with van der Waals surface area (Å²) in [5.74, 6) is 0.428. The van der Waals surface area contributed by atoms with E-state index in [9.17, 15) is 19.6 Å². The third-order valence-electron chi connectivity index (χ3n) is 7.43. The first-order valence-electron chi connectivity index (χ1n) is 11.3. The van der Waals surface area contributed by atoms with E-state index in [2.05, 4.69) is 6.07 Å². The monoisotopic (exact) mass is 437 g/mol. The third-order valence-corrected chi connectivity index (χ3v) is 7.43. The van der Waals surface area contributed by atoms with Crippen LogP contribution in [-0.2, 0) is 20.8 Å². The van der Waals surface area contributed by atoms with Gasteiger partial charge < -0.3 is 20.3 Å². The lowest BCUT2D eigenvalue weighted by molar-refractivity contribution is -0.141. The molecule has 0 saturated carbocycles. The van der Waals surface area contributed by atoms with Crippen LogP contribution in [0.25, 0.3) is 0 Å². The van der Waals surface area contributed by atoms with E-state index in [-0.39, 0.29) is 36.0 Å². The minimum Gasteiger partial charge on any atom is -0.429 e. The van der Waals surface area contributed by atoms with Crippen LogP contribution in [0.5, 0.6) is 5.75 Å². The molecule has 2 N–H and O–H groups in total. The molecule has 0 radical (unpaired) electrons. The van der Waals surface area contributed by atoms with Gasteiger partial charge in [-0.1, -0.05) is 6.07 Å². The third kappa shape index (κ3) is 3.34. The molecule has 9 heteroatoms. The first-order valence-corrected chi connectivity index (χ1v) is 11.3. The summed E-state index contributed by atoms with van der Waals surface area (Å²) >= 11 is 0. The quantitative estimate of drug-likeness (QED) is 0.637. The van der Waals surface area contributed by atoms with Gasteiger partial charge in [-0.15, -0.1) is 0 Å². The van der Waals surface area contributed by atoms with Gasteiger partial charge in [-0.3, -0.25) is 19.3 Å². The van der Waals surface area contributed by atoms with E-state index in [1.165, 1.54) is 0 Å². The molecule has 3 fully saturated rings. The van der Waals surface area contributed by atoms with E-state index in [4.69, 9.17) is 10.5 Å². The second kappa shape index (κ2) is 8.19. The fourth-order valence-corrected chi connectivity index (χ4v) is 6.00. The predicted molar refractivity (Wildman–Crippen MR) is 113 cm³/mol.